The van der Waals surface area contributed by atoms with Crippen molar-refractivity contribution in [1.82, 2.24) is 20.4 Å². The Hall–Kier alpha value is -2.51. The number of aryl methyl sites for hydroxylation is 1. The lowest BCUT2D eigenvalue weighted by Gasteiger charge is -2.32. The van der Waals surface area contributed by atoms with E-state index < -0.39 is 0 Å². The molecule has 28 heavy (non-hydrogen) atoms. The Kier molecular flexibility index (Phi) is 6.14. The van der Waals surface area contributed by atoms with Gasteiger partial charge in [0.15, 0.2) is 0 Å². The molecule has 1 saturated heterocycles. The van der Waals surface area contributed by atoms with Crippen molar-refractivity contribution in [2.75, 3.05) is 13.1 Å². The average Bonchev–Trinajstić information content (AvgIpc) is 3.41. The van der Waals surface area contributed by atoms with Crippen LogP contribution in [0.15, 0.2) is 51.6 Å². The first-order valence-corrected chi connectivity index (χ1v) is 10.6. The predicted octanol–water partition coefficient (Wildman–Crippen LogP) is 3.51. The second kappa shape index (κ2) is 9.12. The summed E-state index contributed by atoms with van der Waals surface area (Å²) >= 11 is 1.59. The van der Waals surface area contributed by atoms with E-state index in [2.05, 4.69) is 44.7 Å². The quantitative estimate of drug-likeness (QED) is 0.662. The zero-order valence-corrected chi connectivity index (χ0v) is 16.5. The van der Waals surface area contributed by atoms with Gasteiger partial charge < -0.3 is 9.73 Å². The number of hydrogen-bond donors (Lipinski definition) is 1. The number of likely N-dealkylation sites (tertiary alicyclic amines) is 1. The standard InChI is InChI=1S/C21H24N4O2S/c26-19(6-7-20-23-24-21(27-20)17-10-13-28-15-17)22-18-8-11-25(12-9-18)14-16-4-2-1-3-5-16/h1-5,10,13,15,18H,6-9,11-12,14H2,(H,22,26). The van der Waals surface area contributed by atoms with Gasteiger partial charge in [-0.25, -0.2) is 0 Å². The summed E-state index contributed by atoms with van der Waals surface area (Å²) in [6.07, 6.45) is 2.81. The number of amides is 1. The Balaban J connectivity index is 1.18. The summed E-state index contributed by atoms with van der Waals surface area (Å²) in [7, 11) is 0. The molecule has 3 aromatic rings. The smallest absolute Gasteiger partial charge is 0.248 e. The van der Waals surface area contributed by atoms with Crippen LogP contribution in [-0.4, -0.2) is 40.1 Å². The number of nitrogens with one attached hydrogen (secondary N) is 1. The van der Waals surface area contributed by atoms with Crippen LogP contribution in [0.3, 0.4) is 0 Å². The monoisotopic (exact) mass is 396 g/mol. The molecule has 1 aliphatic heterocycles. The van der Waals surface area contributed by atoms with E-state index in [9.17, 15) is 4.79 Å². The third kappa shape index (κ3) is 5.05. The van der Waals surface area contributed by atoms with Gasteiger partial charge in [-0.05, 0) is 29.9 Å². The number of hydrogen-bond acceptors (Lipinski definition) is 6. The van der Waals surface area contributed by atoms with Gasteiger partial charge in [-0.1, -0.05) is 30.3 Å². The van der Waals surface area contributed by atoms with Crippen LogP contribution in [-0.2, 0) is 17.8 Å². The second-order valence-electron chi connectivity index (χ2n) is 7.12. The molecule has 1 aliphatic rings. The van der Waals surface area contributed by atoms with E-state index in [4.69, 9.17) is 4.42 Å². The molecule has 0 atom stereocenters. The molecule has 0 saturated carbocycles. The van der Waals surface area contributed by atoms with Gasteiger partial charge in [0.1, 0.15) is 0 Å². The predicted molar refractivity (Wildman–Crippen MR) is 109 cm³/mol. The van der Waals surface area contributed by atoms with Gasteiger partial charge >= 0.3 is 0 Å². The van der Waals surface area contributed by atoms with Crippen molar-refractivity contribution >= 4 is 17.2 Å². The molecule has 6 nitrogen and oxygen atoms in total. The number of aromatic nitrogens is 2. The Morgan fingerprint density at radius 1 is 1.18 bits per heavy atom. The highest BCUT2D eigenvalue weighted by Crippen LogP contribution is 2.21. The lowest BCUT2D eigenvalue weighted by atomic mass is 10.0. The molecule has 7 heteroatoms. The number of benzene rings is 1. The largest absolute Gasteiger partial charge is 0.421 e. The van der Waals surface area contributed by atoms with Gasteiger partial charge in [-0.3, -0.25) is 9.69 Å². The highest BCUT2D eigenvalue weighted by molar-refractivity contribution is 7.08. The molecular weight excluding hydrogens is 372 g/mol. The minimum atomic E-state index is 0.0526. The van der Waals surface area contributed by atoms with Crippen molar-refractivity contribution in [3.8, 4) is 11.5 Å². The van der Waals surface area contributed by atoms with E-state index >= 15 is 0 Å². The van der Waals surface area contributed by atoms with E-state index in [-0.39, 0.29) is 11.9 Å². The maximum atomic E-state index is 12.3. The summed E-state index contributed by atoms with van der Waals surface area (Å²) < 4.78 is 5.64. The third-order valence-electron chi connectivity index (χ3n) is 5.00. The first-order valence-electron chi connectivity index (χ1n) is 9.67. The molecular formula is C21H24N4O2S. The van der Waals surface area contributed by atoms with Crippen LogP contribution < -0.4 is 5.32 Å². The topological polar surface area (TPSA) is 71.3 Å². The minimum absolute atomic E-state index is 0.0526. The Morgan fingerprint density at radius 2 is 2.00 bits per heavy atom. The van der Waals surface area contributed by atoms with E-state index in [1.54, 1.807) is 11.3 Å². The van der Waals surface area contributed by atoms with E-state index in [0.29, 0.717) is 24.6 Å². The maximum Gasteiger partial charge on any atom is 0.248 e. The number of nitrogens with zero attached hydrogens (tertiary/aromatic N) is 3. The molecule has 2 aromatic heterocycles. The van der Waals surface area contributed by atoms with Gasteiger partial charge in [0.2, 0.25) is 17.7 Å². The number of piperidine rings is 1. The summed E-state index contributed by atoms with van der Waals surface area (Å²) in [5.41, 5.74) is 2.27. The van der Waals surface area contributed by atoms with Gasteiger partial charge in [0.05, 0.1) is 0 Å². The van der Waals surface area contributed by atoms with Gasteiger partial charge in [0, 0.05) is 49.5 Å². The van der Waals surface area contributed by atoms with Crippen molar-refractivity contribution in [3.05, 3.63) is 58.6 Å². The van der Waals surface area contributed by atoms with Gasteiger partial charge in [-0.2, -0.15) is 11.3 Å². The maximum absolute atomic E-state index is 12.3. The van der Waals surface area contributed by atoms with Crippen LogP contribution in [0.2, 0.25) is 0 Å². The fourth-order valence-corrected chi connectivity index (χ4v) is 4.08. The lowest BCUT2D eigenvalue weighted by Crippen LogP contribution is -2.44. The molecule has 1 amide bonds. The molecule has 0 aliphatic carbocycles. The molecule has 1 fully saturated rings. The molecule has 146 valence electrons. The minimum Gasteiger partial charge on any atom is -0.421 e. The average molecular weight is 397 g/mol. The summed E-state index contributed by atoms with van der Waals surface area (Å²) in [4.78, 5) is 14.7. The number of carbonyl (C=O) groups excluding carboxylic acids is 1. The molecule has 0 spiro atoms. The number of thiophene rings is 1. The van der Waals surface area contributed by atoms with E-state index in [1.165, 1.54) is 5.56 Å². The normalized spacial score (nSPS) is 15.6. The molecule has 3 heterocycles. The van der Waals surface area contributed by atoms with Crippen molar-refractivity contribution in [3.63, 3.8) is 0 Å². The highest BCUT2D eigenvalue weighted by atomic mass is 32.1. The second-order valence-corrected chi connectivity index (χ2v) is 7.90. The number of carbonyl (C=O) groups is 1. The molecule has 1 N–H and O–H groups in total. The Labute approximate surface area is 168 Å². The molecule has 1 aromatic carbocycles. The van der Waals surface area contributed by atoms with Crippen LogP contribution in [0, 0.1) is 0 Å². The van der Waals surface area contributed by atoms with Crippen LogP contribution in [0.4, 0.5) is 0 Å². The lowest BCUT2D eigenvalue weighted by molar-refractivity contribution is -0.122. The third-order valence-corrected chi connectivity index (χ3v) is 5.69. The zero-order chi connectivity index (χ0) is 19.2. The van der Waals surface area contributed by atoms with E-state index in [1.807, 2.05) is 22.9 Å². The van der Waals surface area contributed by atoms with Crippen molar-refractivity contribution in [1.29, 1.82) is 0 Å². The number of rotatable bonds is 7. The van der Waals surface area contributed by atoms with Crippen molar-refractivity contribution in [2.45, 2.75) is 38.3 Å². The van der Waals surface area contributed by atoms with Crippen molar-refractivity contribution in [2.24, 2.45) is 0 Å². The molecule has 0 bridgehead atoms. The molecule has 4 rings (SSSR count). The SMILES string of the molecule is O=C(CCc1nnc(-c2ccsc2)o1)NC1CCN(Cc2ccccc2)CC1. The summed E-state index contributed by atoms with van der Waals surface area (Å²) in [5, 5.41) is 15.2. The van der Waals surface area contributed by atoms with Crippen LogP contribution >= 0.6 is 11.3 Å². The summed E-state index contributed by atoms with van der Waals surface area (Å²) in [6, 6.07) is 12.7. The van der Waals surface area contributed by atoms with E-state index in [0.717, 1.165) is 38.0 Å². The van der Waals surface area contributed by atoms with Gasteiger partial charge in [0.25, 0.3) is 0 Å². The van der Waals surface area contributed by atoms with Gasteiger partial charge in [-0.15, -0.1) is 10.2 Å². The van der Waals surface area contributed by atoms with Crippen LogP contribution in [0.5, 0.6) is 0 Å². The first-order chi connectivity index (χ1) is 13.8. The fraction of sp³-hybridized carbons (Fsp3) is 0.381. The first kappa shape index (κ1) is 18.8. The Bertz CT molecular complexity index is 871. The Morgan fingerprint density at radius 3 is 2.75 bits per heavy atom. The molecule has 0 radical (unpaired) electrons. The summed E-state index contributed by atoms with van der Waals surface area (Å²) in [6.45, 7) is 2.99. The zero-order valence-electron chi connectivity index (χ0n) is 15.7. The fourth-order valence-electron chi connectivity index (χ4n) is 3.45. The van der Waals surface area contributed by atoms with Crippen molar-refractivity contribution < 1.29 is 9.21 Å². The molecule has 0 unspecified atom stereocenters. The van der Waals surface area contributed by atoms with Crippen LogP contribution in [0.1, 0.15) is 30.7 Å². The highest BCUT2D eigenvalue weighted by Gasteiger charge is 2.21. The van der Waals surface area contributed by atoms with Crippen LogP contribution in [0.25, 0.3) is 11.5 Å². The summed E-state index contributed by atoms with van der Waals surface area (Å²) in [5.74, 6) is 1.08.